The van der Waals surface area contributed by atoms with Crippen LogP contribution in [-0.2, 0) is 0 Å². The van der Waals surface area contributed by atoms with Gasteiger partial charge in [-0.3, -0.25) is 0 Å². The fourth-order valence-electron chi connectivity index (χ4n) is 1.85. The number of nitriles is 1. The van der Waals surface area contributed by atoms with Crippen LogP contribution in [0.2, 0.25) is 0 Å². The molecule has 0 radical (unpaired) electrons. The normalized spacial score (nSPS) is 21.5. The first-order chi connectivity index (χ1) is 5.34. The lowest BCUT2D eigenvalue weighted by Gasteiger charge is -2.16. The lowest BCUT2D eigenvalue weighted by molar-refractivity contribution is 0.413. The van der Waals surface area contributed by atoms with E-state index >= 15 is 0 Å². The van der Waals surface area contributed by atoms with Gasteiger partial charge in [0.25, 0.3) is 0 Å². The molecule has 1 rings (SSSR count). The lowest BCUT2D eigenvalue weighted by atomic mass is 9.95. The summed E-state index contributed by atoms with van der Waals surface area (Å²) in [5.41, 5.74) is 5.91. The molecule has 1 saturated carbocycles. The molecular formula is C9H16N2. The molecule has 0 aliphatic heterocycles. The van der Waals surface area contributed by atoms with Crippen molar-refractivity contribution >= 4 is 0 Å². The second-order valence-corrected chi connectivity index (χ2v) is 3.41. The number of nitrogens with zero attached hydrogens (tertiary/aromatic N) is 1. The zero-order chi connectivity index (χ0) is 8.10. The summed E-state index contributed by atoms with van der Waals surface area (Å²) in [7, 11) is 0. The van der Waals surface area contributed by atoms with Gasteiger partial charge in [0.15, 0.2) is 0 Å². The molecule has 2 N–H and O–H groups in total. The third kappa shape index (κ3) is 2.51. The zero-order valence-electron chi connectivity index (χ0n) is 6.92. The minimum atomic E-state index is 0.289. The van der Waals surface area contributed by atoms with Crippen LogP contribution in [0.4, 0.5) is 0 Å². The van der Waals surface area contributed by atoms with Crippen LogP contribution in [-0.4, -0.2) is 6.04 Å². The topological polar surface area (TPSA) is 49.8 Å². The first-order valence-electron chi connectivity index (χ1n) is 4.47. The summed E-state index contributed by atoms with van der Waals surface area (Å²) in [5, 5.41) is 8.35. The standard InChI is InChI=1S/C9H16N2/c10-7-3-6-9(11)8-4-1-2-5-8/h8-9H,1-6,11H2. The van der Waals surface area contributed by atoms with E-state index in [0.29, 0.717) is 12.3 Å². The highest BCUT2D eigenvalue weighted by Gasteiger charge is 2.21. The van der Waals surface area contributed by atoms with Gasteiger partial charge in [-0.05, 0) is 25.2 Å². The van der Waals surface area contributed by atoms with Crippen molar-refractivity contribution in [3.63, 3.8) is 0 Å². The third-order valence-corrected chi connectivity index (χ3v) is 2.59. The summed E-state index contributed by atoms with van der Waals surface area (Å²) in [6, 6.07) is 2.43. The van der Waals surface area contributed by atoms with Crippen LogP contribution in [0.1, 0.15) is 38.5 Å². The molecule has 0 heterocycles. The van der Waals surface area contributed by atoms with E-state index in [-0.39, 0.29) is 6.04 Å². The maximum absolute atomic E-state index is 8.35. The van der Waals surface area contributed by atoms with E-state index < -0.39 is 0 Å². The van der Waals surface area contributed by atoms with E-state index in [0.717, 1.165) is 6.42 Å². The summed E-state index contributed by atoms with van der Waals surface area (Å²) in [6.07, 6.45) is 6.76. The van der Waals surface area contributed by atoms with Gasteiger partial charge in [-0.15, -0.1) is 0 Å². The van der Waals surface area contributed by atoms with E-state index in [1.807, 2.05) is 0 Å². The third-order valence-electron chi connectivity index (χ3n) is 2.59. The Hall–Kier alpha value is -0.550. The molecule has 2 heteroatoms. The Morgan fingerprint density at radius 1 is 1.45 bits per heavy atom. The summed E-state index contributed by atoms with van der Waals surface area (Å²) in [6.45, 7) is 0. The molecule has 1 aliphatic rings. The van der Waals surface area contributed by atoms with Crippen LogP contribution >= 0.6 is 0 Å². The van der Waals surface area contributed by atoms with Crippen LogP contribution in [0.25, 0.3) is 0 Å². The second-order valence-electron chi connectivity index (χ2n) is 3.41. The van der Waals surface area contributed by atoms with Crippen molar-refractivity contribution in [3.8, 4) is 6.07 Å². The van der Waals surface area contributed by atoms with E-state index in [9.17, 15) is 0 Å². The molecule has 1 fully saturated rings. The van der Waals surface area contributed by atoms with Gasteiger partial charge in [-0.25, -0.2) is 0 Å². The van der Waals surface area contributed by atoms with E-state index in [1.165, 1.54) is 25.7 Å². The van der Waals surface area contributed by atoms with Gasteiger partial charge in [0, 0.05) is 12.5 Å². The highest BCUT2D eigenvalue weighted by molar-refractivity contribution is 4.81. The lowest BCUT2D eigenvalue weighted by Crippen LogP contribution is -2.27. The average molecular weight is 152 g/mol. The Morgan fingerprint density at radius 3 is 2.64 bits per heavy atom. The molecule has 2 nitrogen and oxygen atoms in total. The molecular weight excluding hydrogens is 136 g/mol. The monoisotopic (exact) mass is 152 g/mol. The van der Waals surface area contributed by atoms with Gasteiger partial charge < -0.3 is 5.73 Å². The van der Waals surface area contributed by atoms with Crippen molar-refractivity contribution in [2.24, 2.45) is 11.7 Å². The molecule has 0 aromatic rings. The Morgan fingerprint density at radius 2 is 2.09 bits per heavy atom. The van der Waals surface area contributed by atoms with Gasteiger partial charge in [0.05, 0.1) is 6.07 Å². The fourth-order valence-corrected chi connectivity index (χ4v) is 1.85. The number of nitrogens with two attached hydrogens (primary N) is 1. The Labute approximate surface area is 68.4 Å². The molecule has 0 spiro atoms. The molecule has 1 atom stereocenters. The highest BCUT2D eigenvalue weighted by Crippen LogP contribution is 2.28. The first-order valence-corrected chi connectivity index (χ1v) is 4.47. The SMILES string of the molecule is N#CCCC(N)C1CCCC1. The van der Waals surface area contributed by atoms with Crippen molar-refractivity contribution in [3.05, 3.63) is 0 Å². The van der Waals surface area contributed by atoms with Crippen LogP contribution < -0.4 is 5.73 Å². The smallest absolute Gasteiger partial charge is 0.0622 e. The summed E-state index contributed by atoms with van der Waals surface area (Å²) >= 11 is 0. The van der Waals surface area contributed by atoms with Crippen molar-refractivity contribution < 1.29 is 0 Å². The molecule has 0 saturated heterocycles. The summed E-state index contributed by atoms with van der Waals surface area (Å²) in [4.78, 5) is 0. The van der Waals surface area contributed by atoms with Gasteiger partial charge in [-0.1, -0.05) is 12.8 Å². The maximum Gasteiger partial charge on any atom is 0.0622 e. The van der Waals surface area contributed by atoms with Gasteiger partial charge in [0.1, 0.15) is 0 Å². The van der Waals surface area contributed by atoms with Gasteiger partial charge >= 0.3 is 0 Å². The molecule has 0 amide bonds. The van der Waals surface area contributed by atoms with Crippen molar-refractivity contribution in [2.45, 2.75) is 44.6 Å². The number of rotatable bonds is 3. The zero-order valence-corrected chi connectivity index (χ0v) is 6.92. The van der Waals surface area contributed by atoms with E-state index in [1.54, 1.807) is 0 Å². The van der Waals surface area contributed by atoms with Crippen molar-refractivity contribution in [1.82, 2.24) is 0 Å². The van der Waals surface area contributed by atoms with Gasteiger partial charge in [-0.2, -0.15) is 5.26 Å². The van der Waals surface area contributed by atoms with Gasteiger partial charge in [0.2, 0.25) is 0 Å². The second kappa shape index (κ2) is 4.35. The Bertz CT molecular complexity index is 142. The quantitative estimate of drug-likeness (QED) is 0.670. The van der Waals surface area contributed by atoms with E-state index in [4.69, 9.17) is 11.0 Å². The predicted molar refractivity (Wildman–Crippen MR) is 44.8 cm³/mol. The minimum absolute atomic E-state index is 0.289. The summed E-state index contributed by atoms with van der Waals surface area (Å²) < 4.78 is 0. The summed E-state index contributed by atoms with van der Waals surface area (Å²) in [5.74, 6) is 0.711. The molecule has 0 aromatic carbocycles. The fraction of sp³-hybridized carbons (Fsp3) is 0.889. The minimum Gasteiger partial charge on any atom is -0.327 e. The Balaban J connectivity index is 2.18. The largest absolute Gasteiger partial charge is 0.327 e. The van der Waals surface area contributed by atoms with E-state index in [2.05, 4.69) is 6.07 Å². The molecule has 11 heavy (non-hydrogen) atoms. The Kier molecular flexibility index (Phi) is 3.38. The van der Waals surface area contributed by atoms with Crippen molar-refractivity contribution in [2.75, 3.05) is 0 Å². The molecule has 1 aliphatic carbocycles. The van der Waals surface area contributed by atoms with Crippen LogP contribution in [0.5, 0.6) is 0 Å². The molecule has 0 aromatic heterocycles. The number of hydrogen-bond donors (Lipinski definition) is 1. The molecule has 62 valence electrons. The highest BCUT2D eigenvalue weighted by atomic mass is 14.6. The van der Waals surface area contributed by atoms with Crippen LogP contribution in [0, 0.1) is 17.2 Å². The first kappa shape index (κ1) is 8.55. The average Bonchev–Trinajstić information content (AvgIpc) is 2.52. The van der Waals surface area contributed by atoms with Crippen molar-refractivity contribution in [1.29, 1.82) is 5.26 Å². The molecule has 0 bridgehead atoms. The van der Waals surface area contributed by atoms with Crippen LogP contribution in [0.3, 0.4) is 0 Å². The molecule has 1 unspecified atom stereocenters. The number of hydrogen-bond acceptors (Lipinski definition) is 2. The maximum atomic E-state index is 8.35. The van der Waals surface area contributed by atoms with Crippen LogP contribution in [0.15, 0.2) is 0 Å². The predicted octanol–water partition coefficient (Wildman–Crippen LogP) is 1.81.